The summed E-state index contributed by atoms with van der Waals surface area (Å²) in [5.74, 6) is 1.75. The minimum atomic E-state index is 0.0540. The predicted molar refractivity (Wildman–Crippen MR) is 90.5 cm³/mol. The summed E-state index contributed by atoms with van der Waals surface area (Å²) < 4.78 is 3.00. The zero-order valence-electron chi connectivity index (χ0n) is 13.2. The van der Waals surface area contributed by atoms with Gasteiger partial charge in [0.05, 0.1) is 0 Å². The Bertz CT molecular complexity index is 461. The Hall–Kier alpha value is -0.770. The van der Waals surface area contributed by atoms with Crippen LogP contribution in [-0.2, 0) is 6.54 Å². The fourth-order valence-electron chi connectivity index (χ4n) is 3.19. The maximum absolute atomic E-state index is 12.3. The molecule has 3 nitrogen and oxygen atoms in total. The van der Waals surface area contributed by atoms with Gasteiger partial charge in [0, 0.05) is 23.8 Å². The molecule has 1 amide bonds. The number of hydrogen-bond donors (Lipinski definition) is 1. The average molecular weight is 355 g/mol. The highest BCUT2D eigenvalue weighted by Crippen LogP contribution is 2.29. The second-order valence-electron chi connectivity index (χ2n) is 6.41. The molecule has 1 N–H and O–H groups in total. The Balaban J connectivity index is 1.79. The molecule has 21 heavy (non-hydrogen) atoms. The smallest absolute Gasteiger partial charge is 0.267 e. The maximum Gasteiger partial charge on any atom is 0.267 e. The van der Waals surface area contributed by atoms with Gasteiger partial charge in [-0.25, -0.2) is 0 Å². The molecular weight excluding hydrogens is 328 g/mol. The standard InChI is InChI=1S/C17H27BrN2O/c1-3-10-20-12-15(18)11-16(20)17(21)19-9-8-14-6-4-13(2)5-7-14/h11-14H,3-10H2,1-2H3,(H,19,21). The summed E-state index contributed by atoms with van der Waals surface area (Å²) in [5.41, 5.74) is 0.765. The molecule has 118 valence electrons. The molecule has 1 aliphatic rings. The Kier molecular flexibility index (Phi) is 6.34. The largest absolute Gasteiger partial charge is 0.351 e. The first-order valence-electron chi connectivity index (χ1n) is 8.24. The van der Waals surface area contributed by atoms with Gasteiger partial charge in [0.25, 0.3) is 5.91 Å². The Morgan fingerprint density at radius 1 is 1.38 bits per heavy atom. The molecule has 0 aromatic carbocycles. The van der Waals surface area contributed by atoms with Gasteiger partial charge in [0.2, 0.25) is 0 Å². The van der Waals surface area contributed by atoms with E-state index in [4.69, 9.17) is 0 Å². The van der Waals surface area contributed by atoms with E-state index in [1.54, 1.807) is 0 Å². The lowest BCUT2D eigenvalue weighted by atomic mass is 9.81. The molecule has 1 aromatic heterocycles. The topological polar surface area (TPSA) is 34.0 Å². The highest BCUT2D eigenvalue weighted by molar-refractivity contribution is 9.10. The summed E-state index contributed by atoms with van der Waals surface area (Å²) in [6.07, 6.45) is 9.50. The van der Waals surface area contributed by atoms with Gasteiger partial charge in [-0.1, -0.05) is 39.5 Å². The van der Waals surface area contributed by atoms with Crippen LogP contribution < -0.4 is 5.32 Å². The number of aromatic nitrogens is 1. The average Bonchev–Trinajstić information content (AvgIpc) is 2.82. The molecule has 0 spiro atoms. The molecule has 0 bridgehead atoms. The number of carbonyl (C=O) groups is 1. The van der Waals surface area contributed by atoms with Crippen molar-refractivity contribution >= 4 is 21.8 Å². The molecule has 1 fully saturated rings. The van der Waals surface area contributed by atoms with Crippen molar-refractivity contribution in [3.8, 4) is 0 Å². The van der Waals surface area contributed by atoms with Crippen molar-refractivity contribution in [3.63, 3.8) is 0 Å². The molecule has 0 aliphatic heterocycles. The summed E-state index contributed by atoms with van der Waals surface area (Å²) in [6.45, 7) is 6.15. The van der Waals surface area contributed by atoms with Crippen molar-refractivity contribution in [2.24, 2.45) is 11.8 Å². The zero-order chi connectivity index (χ0) is 15.2. The highest BCUT2D eigenvalue weighted by Gasteiger charge is 2.18. The fraction of sp³-hybridized carbons (Fsp3) is 0.706. The summed E-state index contributed by atoms with van der Waals surface area (Å²) in [4.78, 5) is 12.3. The summed E-state index contributed by atoms with van der Waals surface area (Å²) in [7, 11) is 0. The van der Waals surface area contributed by atoms with Crippen LogP contribution >= 0.6 is 15.9 Å². The maximum atomic E-state index is 12.3. The second-order valence-corrected chi connectivity index (χ2v) is 7.32. The van der Waals surface area contributed by atoms with E-state index in [2.05, 4.69) is 35.1 Å². The van der Waals surface area contributed by atoms with Crippen LogP contribution in [0.25, 0.3) is 0 Å². The van der Waals surface area contributed by atoms with Gasteiger partial charge in [0.1, 0.15) is 5.69 Å². The lowest BCUT2D eigenvalue weighted by Gasteiger charge is -2.26. The number of rotatable bonds is 6. The Morgan fingerprint density at radius 3 is 2.76 bits per heavy atom. The molecule has 0 saturated heterocycles. The zero-order valence-corrected chi connectivity index (χ0v) is 14.8. The van der Waals surface area contributed by atoms with E-state index in [9.17, 15) is 4.79 Å². The van der Waals surface area contributed by atoms with Gasteiger partial charge in [-0.15, -0.1) is 0 Å². The molecule has 2 rings (SSSR count). The van der Waals surface area contributed by atoms with Crippen LogP contribution in [0.5, 0.6) is 0 Å². The lowest BCUT2D eigenvalue weighted by molar-refractivity contribution is 0.0940. The van der Waals surface area contributed by atoms with Gasteiger partial charge >= 0.3 is 0 Å². The van der Waals surface area contributed by atoms with E-state index in [0.717, 1.165) is 47.9 Å². The molecule has 1 aromatic rings. The fourth-order valence-corrected chi connectivity index (χ4v) is 3.65. The third-order valence-corrected chi connectivity index (χ3v) is 4.97. The molecule has 0 atom stereocenters. The number of carbonyl (C=O) groups excluding carboxylic acids is 1. The van der Waals surface area contributed by atoms with Gasteiger partial charge < -0.3 is 9.88 Å². The van der Waals surface area contributed by atoms with Crippen LogP contribution in [0, 0.1) is 11.8 Å². The first kappa shape index (κ1) is 16.6. The number of halogens is 1. The van der Waals surface area contributed by atoms with Crippen molar-refractivity contribution in [3.05, 3.63) is 22.4 Å². The van der Waals surface area contributed by atoms with Crippen molar-refractivity contribution in [1.82, 2.24) is 9.88 Å². The first-order chi connectivity index (χ1) is 10.1. The molecule has 4 heteroatoms. The van der Waals surface area contributed by atoms with Crippen LogP contribution in [0.3, 0.4) is 0 Å². The van der Waals surface area contributed by atoms with E-state index >= 15 is 0 Å². The minimum absolute atomic E-state index is 0.0540. The van der Waals surface area contributed by atoms with E-state index < -0.39 is 0 Å². The van der Waals surface area contributed by atoms with Crippen molar-refractivity contribution in [2.45, 2.75) is 58.9 Å². The number of amides is 1. The van der Waals surface area contributed by atoms with E-state index in [0.29, 0.717) is 0 Å². The molecule has 1 heterocycles. The van der Waals surface area contributed by atoms with Crippen LogP contribution in [0.1, 0.15) is 62.9 Å². The van der Waals surface area contributed by atoms with Crippen LogP contribution in [0.2, 0.25) is 0 Å². The predicted octanol–water partition coefficient (Wildman–Crippen LogP) is 4.61. The number of nitrogens with zero attached hydrogens (tertiary/aromatic N) is 1. The van der Waals surface area contributed by atoms with Crippen LogP contribution in [-0.4, -0.2) is 17.0 Å². The summed E-state index contributed by atoms with van der Waals surface area (Å²) in [5, 5.41) is 3.09. The molecule has 1 aliphatic carbocycles. The third-order valence-electron chi connectivity index (χ3n) is 4.53. The Morgan fingerprint density at radius 2 is 2.10 bits per heavy atom. The minimum Gasteiger partial charge on any atom is -0.351 e. The van der Waals surface area contributed by atoms with Gasteiger partial charge in [-0.3, -0.25) is 4.79 Å². The normalized spacial score (nSPS) is 22.2. The molecular formula is C17H27BrN2O. The SMILES string of the molecule is CCCn1cc(Br)cc1C(=O)NCCC1CCC(C)CC1. The summed E-state index contributed by atoms with van der Waals surface area (Å²) >= 11 is 3.46. The third kappa shape index (κ3) is 4.87. The molecule has 0 unspecified atom stereocenters. The molecule has 0 radical (unpaired) electrons. The van der Waals surface area contributed by atoms with Crippen LogP contribution in [0.4, 0.5) is 0 Å². The monoisotopic (exact) mass is 354 g/mol. The van der Waals surface area contributed by atoms with Crippen molar-refractivity contribution in [2.75, 3.05) is 6.54 Å². The number of hydrogen-bond acceptors (Lipinski definition) is 1. The molecule has 1 saturated carbocycles. The number of nitrogens with one attached hydrogen (secondary N) is 1. The second kappa shape index (κ2) is 8.02. The quantitative estimate of drug-likeness (QED) is 0.795. The summed E-state index contributed by atoms with van der Waals surface area (Å²) in [6, 6.07) is 1.91. The van der Waals surface area contributed by atoms with E-state index in [-0.39, 0.29) is 5.91 Å². The van der Waals surface area contributed by atoms with E-state index in [1.807, 2.05) is 16.8 Å². The van der Waals surface area contributed by atoms with Crippen molar-refractivity contribution in [1.29, 1.82) is 0 Å². The van der Waals surface area contributed by atoms with Gasteiger partial charge in [-0.2, -0.15) is 0 Å². The number of aryl methyl sites for hydroxylation is 1. The van der Waals surface area contributed by atoms with Gasteiger partial charge in [0.15, 0.2) is 0 Å². The first-order valence-corrected chi connectivity index (χ1v) is 9.03. The Labute approximate surface area is 136 Å². The van der Waals surface area contributed by atoms with Crippen LogP contribution in [0.15, 0.2) is 16.7 Å². The lowest BCUT2D eigenvalue weighted by Crippen LogP contribution is -2.28. The van der Waals surface area contributed by atoms with E-state index in [1.165, 1.54) is 25.7 Å². The highest BCUT2D eigenvalue weighted by atomic mass is 79.9. The van der Waals surface area contributed by atoms with Gasteiger partial charge in [-0.05, 0) is 46.7 Å². The van der Waals surface area contributed by atoms with Crippen molar-refractivity contribution < 1.29 is 4.79 Å².